The molecule has 1 aromatic carbocycles. The van der Waals surface area contributed by atoms with Gasteiger partial charge in [-0.2, -0.15) is 0 Å². The van der Waals surface area contributed by atoms with Gasteiger partial charge in [0, 0.05) is 20.6 Å². The van der Waals surface area contributed by atoms with Crippen LogP contribution in [0.3, 0.4) is 0 Å². The van der Waals surface area contributed by atoms with E-state index in [2.05, 4.69) is 4.90 Å². The van der Waals surface area contributed by atoms with Crippen LogP contribution in [0.25, 0.3) is 0 Å². The number of nitrogens with zero attached hydrogens (tertiary/aromatic N) is 3. The number of amides is 4. The van der Waals surface area contributed by atoms with E-state index in [4.69, 9.17) is 9.47 Å². The monoisotopic (exact) mass is 403 g/mol. The molecule has 2 saturated heterocycles. The molecule has 2 aliphatic rings. The Morgan fingerprint density at radius 1 is 0.897 bits per heavy atom. The highest BCUT2D eigenvalue weighted by molar-refractivity contribution is 6.19. The molecule has 0 atom stereocenters. The maximum absolute atomic E-state index is 13.3. The van der Waals surface area contributed by atoms with Gasteiger partial charge in [0.15, 0.2) is 11.5 Å². The fourth-order valence-corrected chi connectivity index (χ4v) is 4.31. The zero-order valence-corrected chi connectivity index (χ0v) is 17.6. The Bertz CT molecular complexity index is 780. The second kappa shape index (κ2) is 8.41. The minimum absolute atomic E-state index is 0.184. The quantitative estimate of drug-likeness (QED) is 0.674. The SMILES string of the molecule is COc1ccc(CC2(CN3CCCCC3)C(=O)N(C)C(=O)N(C)C2=O)cc1OC. The molecule has 0 aliphatic carbocycles. The molecule has 158 valence electrons. The Kier molecular flexibility index (Phi) is 6.12. The number of urea groups is 1. The second-order valence-corrected chi connectivity index (χ2v) is 7.80. The van der Waals surface area contributed by atoms with Crippen LogP contribution in [0.15, 0.2) is 18.2 Å². The standard InChI is InChI=1S/C21H29N3O5/c1-22-18(25)21(19(26)23(2)20(22)27,14-24-10-6-5-7-11-24)13-15-8-9-16(28-3)17(12-15)29-4/h8-9,12H,5-7,10-11,13-14H2,1-4H3. The highest BCUT2D eigenvalue weighted by Crippen LogP contribution is 2.36. The number of benzene rings is 1. The Hall–Kier alpha value is -2.61. The first kappa shape index (κ1) is 21.1. The summed E-state index contributed by atoms with van der Waals surface area (Å²) in [6, 6.07) is 4.78. The maximum atomic E-state index is 13.3. The van der Waals surface area contributed by atoms with Crippen molar-refractivity contribution in [3.05, 3.63) is 23.8 Å². The predicted molar refractivity (Wildman–Crippen MR) is 107 cm³/mol. The normalized spacial score (nSPS) is 20.2. The summed E-state index contributed by atoms with van der Waals surface area (Å²) < 4.78 is 10.7. The van der Waals surface area contributed by atoms with E-state index < -0.39 is 23.3 Å². The van der Waals surface area contributed by atoms with Crippen molar-refractivity contribution in [3.8, 4) is 11.5 Å². The molecule has 4 amide bonds. The van der Waals surface area contributed by atoms with Gasteiger partial charge in [-0.3, -0.25) is 19.4 Å². The van der Waals surface area contributed by atoms with Crippen LogP contribution in [0.4, 0.5) is 4.79 Å². The van der Waals surface area contributed by atoms with Gasteiger partial charge in [0.1, 0.15) is 5.41 Å². The largest absolute Gasteiger partial charge is 0.493 e. The van der Waals surface area contributed by atoms with E-state index in [0.717, 1.165) is 47.7 Å². The third-order valence-corrected chi connectivity index (χ3v) is 5.90. The fraction of sp³-hybridized carbons (Fsp3) is 0.571. The number of likely N-dealkylation sites (tertiary alicyclic amines) is 1. The van der Waals surface area contributed by atoms with Crippen molar-refractivity contribution in [2.24, 2.45) is 5.41 Å². The highest BCUT2D eigenvalue weighted by atomic mass is 16.5. The molecule has 0 unspecified atom stereocenters. The van der Waals surface area contributed by atoms with Crippen molar-refractivity contribution in [3.63, 3.8) is 0 Å². The van der Waals surface area contributed by atoms with Crippen molar-refractivity contribution in [1.82, 2.24) is 14.7 Å². The number of rotatable bonds is 6. The van der Waals surface area contributed by atoms with Crippen LogP contribution in [-0.2, 0) is 16.0 Å². The lowest BCUT2D eigenvalue weighted by atomic mass is 9.76. The molecule has 29 heavy (non-hydrogen) atoms. The van der Waals surface area contributed by atoms with Crippen LogP contribution in [0.5, 0.6) is 11.5 Å². The predicted octanol–water partition coefficient (Wildman–Crippen LogP) is 1.77. The number of carbonyl (C=O) groups excluding carboxylic acids is 3. The number of barbiturate groups is 1. The van der Waals surface area contributed by atoms with Crippen LogP contribution in [-0.4, -0.2) is 80.5 Å². The molecule has 8 nitrogen and oxygen atoms in total. The topological polar surface area (TPSA) is 79.4 Å². The van der Waals surface area contributed by atoms with Crippen LogP contribution >= 0.6 is 0 Å². The maximum Gasteiger partial charge on any atom is 0.332 e. The Morgan fingerprint density at radius 2 is 1.48 bits per heavy atom. The van der Waals surface area contributed by atoms with Gasteiger partial charge in [0.05, 0.1) is 14.2 Å². The first-order chi connectivity index (χ1) is 13.8. The summed E-state index contributed by atoms with van der Waals surface area (Å²) in [6.45, 7) is 1.98. The van der Waals surface area contributed by atoms with Crippen LogP contribution in [0.1, 0.15) is 24.8 Å². The van der Waals surface area contributed by atoms with Gasteiger partial charge in [-0.1, -0.05) is 12.5 Å². The van der Waals surface area contributed by atoms with Gasteiger partial charge in [-0.25, -0.2) is 4.79 Å². The van der Waals surface area contributed by atoms with Gasteiger partial charge in [0.2, 0.25) is 11.8 Å². The molecule has 8 heteroatoms. The molecular formula is C21H29N3O5. The van der Waals surface area contributed by atoms with Crippen molar-refractivity contribution in [2.75, 3.05) is 47.9 Å². The second-order valence-electron chi connectivity index (χ2n) is 7.80. The molecule has 2 aliphatic heterocycles. The molecule has 2 fully saturated rings. The molecule has 1 aromatic rings. The van der Waals surface area contributed by atoms with Crippen molar-refractivity contribution in [2.45, 2.75) is 25.7 Å². The van der Waals surface area contributed by atoms with Gasteiger partial charge >= 0.3 is 6.03 Å². The van der Waals surface area contributed by atoms with Crippen molar-refractivity contribution in [1.29, 1.82) is 0 Å². The third-order valence-electron chi connectivity index (χ3n) is 5.90. The Balaban J connectivity index is 2.02. The number of methoxy groups -OCH3 is 2. The lowest BCUT2D eigenvalue weighted by Crippen LogP contribution is -2.66. The summed E-state index contributed by atoms with van der Waals surface area (Å²) in [7, 11) is 5.97. The number of hydrogen-bond donors (Lipinski definition) is 0. The highest BCUT2D eigenvalue weighted by Gasteiger charge is 2.56. The van der Waals surface area contributed by atoms with E-state index in [-0.39, 0.29) is 6.42 Å². The molecule has 2 heterocycles. The molecule has 0 bridgehead atoms. The minimum Gasteiger partial charge on any atom is -0.493 e. The summed E-state index contributed by atoms with van der Waals surface area (Å²) in [6.07, 6.45) is 3.42. The molecule has 0 aromatic heterocycles. The van der Waals surface area contributed by atoms with E-state index in [1.54, 1.807) is 26.4 Å². The number of carbonyl (C=O) groups is 3. The number of piperidine rings is 1. The van der Waals surface area contributed by atoms with Gasteiger partial charge in [0.25, 0.3) is 0 Å². The van der Waals surface area contributed by atoms with Crippen LogP contribution in [0, 0.1) is 5.41 Å². The van der Waals surface area contributed by atoms with Gasteiger partial charge in [-0.05, 0) is 50.0 Å². The Morgan fingerprint density at radius 3 is 2.03 bits per heavy atom. The smallest absolute Gasteiger partial charge is 0.332 e. The van der Waals surface area contributed by atoms with E-state index in [1.165, 1.54) is 14.1 Å². The summed E-state index contributed by atoms with van der Waals surface area (Å²) >= 11 is 0. The first-order valence-corrected chi connectivity index (χ1v) is 9.87. The lowest BCUT2D eigenvalue weighted by molar-refractivity contribution is -0.158. The fourth-order valence-electron chi connectivity index (χ4n) is 4.31. The van der Waals surface area contributed by atoms with E-state index in [1.807, 2.05) is 6.07 Å². The summed E-state index contributed by atoms with van der Waals surface area (Å²) in [4.78, 5) is 43.3. The zero-order chi connectivity index (χ0) is 21.2. The molecule has 0 saturated carbocycles. The van der Waals surface area contributed by atoms with E-state index in [9.17, 15) is 14.4 Å². The summed E-state index contributed by atoms with van der Waals surface area (Å²) in [5.41, 5.74) is -0.577. The molecular weight excluding hydrogens is 374 g/mol. The molecule has 0 radical (unpaired) electrons. The van der Waals surface area contributed by atoms with Crippen molar-refractivity contribution >= 4 is 17.8 Å². The van der Waals surface area contributed by atoms with Crippen LogP contribution in [0.2, 0.25) is 0 Å². The van der Waals surface area contributed by atoms with Crippen molar-refractivity contribution < 1.29 is 23.9 Å². The average Bonchev–Trinajstić information content (AvgIpc) is 2.75. The average molecular weight is 403 g/mol. The zero-order valence-electron chi connectivity index (χ0n) is 17.6. The van der Waals surface area contributed by atoms with E-state index >= 15 is 0 Å². The van der Waals surface area contributed by atoms with Crippen LogP contribution < -0.4 is 9.47 Å². The lowest BCUT2D eigenvalue weighted by Gasteiger charge is -2.44. The first-order valence-electron chi connectivity index (χ1n) is 9.87. The molecule has 3 rings (SSSR count). The van der Waals surface area contributed by atoms with Gasteiger partial charge in [-0.15, -0.1) is 0 Å². The molecule has 0 N–H and O–H groups in total. The van der Waals surface area contributed by atoms with E-state index in [0.29, 0.717) is 18.0 Å². The summed E-state index contributed by atoms with van der Waals surface area (Å²) in [5, 5.41) is 0. The number of ether oxygens (including phenoxy) is 2. The third kappa shape index (κ3) is 3.81. The number of imide groups is 2. The Labute approximate surface area is 171 Å². The number of hydrogen-bond acceptors (Lipinski definition) is 6. The minimum atomic E-state index is -1.35. The van der Waals surface area contributed by atoms with Gasteiger partial charge < -0.3 is 14.4 Å². The molecule has 0 spiro atoms. The summed E-state index contributed by atoms with van der Waals surface area (Å²) in [5.74, 6) is 0.204.